The van der Waals surface area contributed by atoms with Gasteiger partial charge in [0, 0.05) is 26.2 Å². The topological polar surface area (TPSA) is 89.8 Å². The fraction of sp³-hybridized carbons (Fsp3) is 0.364. The number of methoxy groups -OCH3 is 1. The second kappa shape index (κ2) is 8.71. The second-order valence-corrected chi connectivity index (χ2v) is 8.65. The molecule has 5 rings (SSSR count). The molecular formula is C22H23N5O4S. The molecule has 2 aliphatic heterocycles. The number of carbonyl (C=O) groups excluding carboxylic acids is 2. The predicted molar refractivity (Wildman–Crippen MR) is 117 cm³/mol. The normalized spacial score (nSPS) is 18.3. The SMILES string of the molecule is COc1ccc([C@H]2Cn3nnc(C(=O)N4CCN(C(=O)c5cccs5)CC4)c3CO2)cc1. The number of carbonyl (C=O) groups is 2. The Labute approximate surface area is 189 Å². The van der Waals surface area contributed by atoms with Crippen molar-refractivity contribution in [3.63, 3.8) is 0 Å². The van der Waals surface area contributed by atoms with E-state index in [0.29, 0.717) is 44.1 Å². The van der Waals surface area contributed by atoms with Gasteiger partial charge in [-0.25, -0.2) is 4.68 Å². The van der Waals surface area contributed by atoms with Gasteiger partial charge < -0.3 is 19.3 Å². The summed E-state index contributed by atoms with van der Waals surface area (Å²) in [6, 6.07) is 11.4. The third-order valence-corrected chi connectivity index (χ3v) is 6.73. The molecule has 9 nitrogen and oxygen atoms in total. The largest absolute Gasteiger partial charge is 0.497 e. The van der Waals surface area contributed by atoms with Crippen molar-refractivity contribution in [2.75, 3.05) is 33.3 Å². The summed E-state index contributed by atoms with van der Waals surface area (Å²) in [5, 5.41) is 10.3. The van der Waals surface area contributed by atoms with Crippen LogP contribution in [0.4, 0.5) is 0 Å². The minimum absolute atomic E-state index is 0.0195. The van der Waals surface area contributed by atoms with Crippen molar-refractivity contribution >= 4 is 23.2 Å². The van der Waals surface area contributed by atoms with Gasteiger partial charge in [0.25, 0.3) is 11.8 Å². The highest BCUT2D eigenvalue weighted by atomic mass is 32.1. The summed E-state index contributed by atoms with van der Waals surface area (Å²) in [4.78, 5) is 29.9. The molecule has 0 spiro atoms. The maximum atomic E-state index is 13.1. The van der Waals surface area contributed by atoms with Gasteiger partial charge in [0.1, 0.15) is 11.9 Å². The Balaban J connectivity index is 1.23. The lowest BCUT2D eigenvalue weighted by molar-refractivity contribution is -0.00204. The number of fused-ring (bicyclic) bond motifs is 1. The molecular weight excluding hydrogens is 430 g/mol. The number of aromatic nitrogens is 3. The number of benzene rings is 1. The minimum atomic E-state index is -0.166. The Morgan fingerprint density at radius 1 is 1.06 bits per heavy atom. The Morgan fingerprint density at radius 3 is 2.44 bits per heavy atom. The number of hydrogen-bond acceptors (Lipinski definition) is 7. The number of amides is 2. The van der Waals surface area contributed by atoms with Crippen molar-refractivity contribution in [3.05, 3.63) is 63.6 Å². The molecule has 166 valence electrons. The molecule has 0 saturated carbocycles. The summed E-state index contributed by atoms with van der Waals surface area (Å²) < 4.78 is 13.0. The summed E-state index contributed by atoms with van der Waals surface area (Å²) in [7, 11) is 1.63. The number of thiophene rings is 1. The zero-order valence-corrected chi connectivity index (χ0v) is 18.5. The summed E-state index contributed by atoms with van der Waals surface area (Å²) in [5.74, 6) is 0.642. The van der Waals surface area contributed by atoms with Crippen LogP contribution in [0.5, 0.6) is 5.75 Å². The van der Waals surface area contributed by atoms with Gasteiger partial charge in [-0.2, -0.15) is 0 Å². The highest BCUT2D eigenvalue weighted by Crippen LogP contribution is 2.28. The van der Waals surface area contributed by atoms with Crippen molar-refractivity contribution in [2.45, 2.75) is 19.3 Å². The highest BCUT2D eigenvalue weighted by molar-refractivity contribution is 7.12. The first-order valence-electron chi connectivity index (χ1n) is 10.4. The third kappa shape index (κ3) is 3.87. The van der Waals surface area contributed by atoms with Crippen LogP contribution in [0.15, 0.2) is 41.8 Å². The summed E-state index contributed by atoms with van der Waals surface area (Å²) in [6.45, 7) is 2.70. The van der Waals surface area contributed by atoms with Crippen molar-refractivity contribution < 1.29 is 19.1 Å². The van der Waals surface area contributed by atoms with Crippen LogP contribution in [0.2, 0.25) is 0 Å². The van der Waals surface area contributed by atoms with Crippen molar-refractivity contribution in [2.24, 2.45) is 0 Å². The molecule has 0 N–H and O–H groups in total. The average molecular weight is 454 g/mol. The molecule has 0 bridgehead atoms. The lowest BCUT2D eigenvalue weighted by Crippen LogP contribution is -2.50. The molecule has 2 aromatic heterocycles. The van der Waals surface area contributed by atoms with Crippen LogP contribution >= 0.6 is 11.3 Å². The van der Waals surface area contributed by atoms with Gasteiger partial charge in [-0.15, -0.1) is 16.4 Å². The van der Waals surface area contributed by atoms with E-state index in [9.17, 15) is 9.59 Å². The molecule has 1 saturated heterocycles. The molecule has 10 heteroatoms. The number of piperazine rings is 1. The van der Waals surface area contributed by atoms with E-state index in [2.05, 4.69) is 10.3 Å². The van der Waals surface area contributed by atoms with Crippen LogP contribution in [0.25, 0.3) is 0 Å². The second-order valence-electron chi connectivity index (χ2n) is 7.70. The predicted octanol–water partition coefficient (Wildman–Crippen LogP) is 2.22. The van der Waals surface area contributed by atoms with Crippen LogP contribution in [-0.4, -0.2) is 69.9 Å². The molecule has 0 radical (unpaired) electrons. The summed E-state index contributed by atoms with van der Waals surface area (Å²) >= 11 is 1.43. The molecule has 32 heavy (non-hydrogen) atoms. The monoisotopic (exact) mass is 453 g/mol. The zero-order chi connectivity index (χ0) is 22.1. The highest BCUT2D eigenvalue weighted by Gasteiger charge is 2.32. The smallest absolute Gasteiger partial charge is 0.276 e. The van der Waals surface area contributed by atoms with Crippen LogP contribution in [-0.2, 0) is 17.9 Å². The van der Waals surface area contributed by atoms with Crippen molar-refractivity contribution in [1.29, 1.82) is 0 Å². The van der Waals surface area contributed by atoms with E-state index in [1.54, 1.807) is 21.6 Å². The van der Waals surface area contributed by atoms with Crippen LogP contribution in [0.1, 0.15) is 37.5 Å². The fourth-order valence-electron chi connectivity index (χ4n) is 4.02. The first kappa shape index (κ1) is 20.7. The van der Waals surface area contributed by atoms with Gasteiger partial charge in [-0.3, -0.25) is 9.59 Å². The first-order chi connectivity index (χ1) is 15.6. The van der Waals surface area contributed by atoms with Crippen molar-refractivity contribution in [1.82, 2.24) is 24.8 Å². The van der Waals surface area contributed by atoms with E-state index in [1.165, 1.54) is 11.3 Å². The molecule has 0 aliphatic carbocycles. The van der Waals surface area contributed by atoms with Gasteiger partial charge in [0.05, 0.1) is 30.8 Å². The number of nitrogens with zero attached hydrogens (tertiary/aromatic N) is 5. The Bertz CT molecular complexity index is 1100. The zero-order valence-electron chi connectivity index (χ0n) is 17.6. The summed E-state index contributed by atoms with van der Waals surface area (Å²) in [6.07, 6.45) is -0.162. The fourth-order valence-corrected chi connectivity index (χ4v) is 4.71. The van der Waals surface area contributed by atoms with Gasteiger partial charge in [-0.05, 0) is 29.1 Å². The van der Waals surface area contributed by atoms with E-state index in [-0.39, 0.29) is 24.5 Å². The Hall–Kier alpha value is -3.24. The lowest BCUT2D eigenvalue weighted by Gasteiger charge is -2.34. The Morgan fingerprint density at radius 2 is 1.78 bits per heavy atom. The molecule has 2 aliphatic rings. The van der Waals surface area contributed by atoms with E-state index in [0.717, 1.165) is 16.2 Å². The molecule has 3 aromatic rings. The molecule has 1 aromatic carbocycles. The maximum Gasteiger partial charge on any atom is 0.276 e. The van der Waals surface area contributed by atoms with E-state index in [1.807, 2.05) is 41.8 Å². The van der Waals surface area contributed by atoms with E-state index >= 15 is 0 Å². The van der Waals surface area contributed by atoms with Gasteiger partial charge in [0.2, 0.25) is 0 Å². The van der Waals surface area contributed by atoms with Gasteiger partial charge in [0.15, 0.2) is 5.69 Å². The number of hydrogen-bond donors (Lipinski definition) is 0. The van der Waals surface area contributed by atoms with Gasteiger partial charge in [-0.1, -0.05) is 23.4 Å². The summed E-state index contributed by atoms with van der Waals surface area (Å²) in [5.41, 5.74) is 2.04. The van der Waals surface area contributed by atoms with Crippen molar-refractivity contribution in [3.8, 4) is 5.75 Å². The van der Waals surface area contributed by atoms with E-state index in [4.69, 9.17) is 9.47 Å². The molecule has 1 fully saturated rings. The molecule has 1 atom stereocenters. The standard InChI is InChI=1S/C22H23N5O4S/c1-30-16-6-4-15(5-7-16)18-13-27-17(14-31-18)20(23-24-27)22(29)26-10-8-25(9-11-26)21(28)19-3-2-12-32-19/h2-7,12,18H,8-11,13-14H2,1H3/t18-/m1/s1. The molecule has 0 unspecified atom stereocenters. The van der Waals surface area contributed by atoms with Crippen LogP contribution in [0.3, 0.4) is 0 Å². The number of rotatable bonds is 4. The van der Waals surface area contributed by atoms with Crippen LogP contribution in [0, 0.1) is 0 Å². The third-order valence-electron chi connectivity index (χ3n) is 5.87. The number of ether oxygens (including phenoxy) is 2. The Kier molecular flexibility index (Phi) is 5.62. The van der Waals surface area contributed by atoms with E-state index < -0.39 is 0 Å². The van der Waals surface area contributed by atoms with Gasteiger partial charge >= 0.3 is 0 Å². The quantitative estimate of drug-likeness (QED) is 0.602. The maximum absolute atomic E-state index is 13.1. The molecule has 2 amide bonds. The lowest BCUT2D eigenvalue weighted by atomic mass is 10.1. The average Bonchev–Trinajstić information content (AvgIpc) is 3.53. The minimum Gasteiger partial charge on any atom is -0.497 e. The molecule has 4 heterocycles. The van der Waals surface area contributed by atoms with Crippen LogP contribution < -0.4 is 4.74 Å². The first-order valence-corrected chi connectivity index (χ1v) is 11.3.